The number of aromatic amines is 1. The van der Waals surface area contributed by atoms with E-state index in [2.05, 4.69) is 64.7 Å². The molecule has 4 aromatic rings. The number of hydrogen-bond donors (Lipinski definition) is 1. The number of H-pyrrole nitrogens is 1. The van der Waals surface area contributed by atoms with Crippen molar-refractivity contribution >= 4 is 66.0 Å². The molecule has 48 heavy (non-hydrogen) atoms. The van der Waals surface area contributed by atoms with Gasteiger partial charge in [0.15, 0.2) is 0 Å². The fourth-order valence-electron chi connectivity index (χ4n) is 8.23. The molecule has 0 saturated carbocycles. The molecule has 0 aliphatic carbocycles. The summed E-state index contributed by atoms with van der Waals surface area (Å²) in [6, 6.07) is 18.1. The molecule has 3 aliphatic heterocycles. The van der Waals surface area contributed by atoms with Gasteiger partial charge in [0.05, 0.1) is 11.0 Å². The highest BCUT2D eigenvalue weighted by Gasteiger charge is 2.51. The molecule has 10 nitrogen and oxygen atoms in total. The number of rotatable bonds is 7. The van der Waals surface area contributed by atoms with E-state index in [1.54, 1.807) is 4.90 Å². The second kappa shape index (κ2) is 14.1. The Morgan fingerprint density at radius 1 is 0.938 bits per heavy atom. The Kier molecular flexibility index (Phi) is 9.81. The van der Waals surface area contributed by atoms with Gasteiger partial charge in [-0.15, -0.1) is 0 Å². The maximum atomic E-state index is 14.1. The Morgan fingerprint density at radius 3 is 2.44 bits per heavy atom. The van der Waals surface area contributed by atoms with Crippen LogP contribution in [0.15, 0.2) is 68.3 Å². The molecule has 1 aromatic heterocycles. The normalized spacial score (nSPS) is 23.6. The van der Waals surface area contributed by atoms with Crippen LogP contribution >= 0.6 is 31.9 Å². The van der Waals surface area contributed by atoms with Gasteiger partial charge in [-0.05, 0) is 87.3 Å². The number of likely N-dealkylation sites (tertiary alicyclic amines) is 2. The molecule has 7 rings (SSSR count). The zero-order chi connectivity index (χ0) is 33.4. The van der Waals surface area contributed by atoms with E-state index in [1.807, 2.05) is 53.1 Å². The van der Waals surface area contributed by atoms with Gasteiger partial charge in [0, 0.05) is 85.1 Å². The number of benzene rings is 3. The molecule has 0 spiro atoms. The van der Waals surface area contributed by atoms with Crippen LogP contribution in [0.5, 0.6) is 0 Å². The summed E-state index contributed by atoms with van der Waals surface area (Å²) in [5.41, 5.74) is 1.43. The van der Waals surface area contributed by atoms with Gasteiger partial charge in [0.1, 0.15) is 18.6 Å². The first-order chi connectivity index (χ1) is 23.3. The van der Waals surface area contributed by atoms with Crippen molar-refractivity contribution in [2.75, 3.05) is 52.9 Å². The van der Waals surface area contributed by atoms with Gasteiger partial charge < -0.3 is 19.4 Å². The quantitative estimate of drug-likeness (QED) is 0.231. The van der Waals surface area contributed by atoms with Crippen molar-refractivity contribution in [3.8, 4) is 0 Å². The second-order valence-electron chi connectivity index (χ2n) is 13.5. The number of carbonyl (C=O) groups is 2. The first kappa shape index (κ1) is 33.5. The number of piperazine rings is 1. The molecular formula is C36H42Br2N6O4. The average Bonchev–Trinajstić information content (AvgIpc) is 3.45. The summed E-state index contributed by atoms with van der Waals surface area (Å²) in [4.78, 5) is 52.6. The Balaban J connectivity index is 1.20. The van der Waals surface area contributed by atoms with Gasteiger partial charge in [0.25, 0.3) is 0 Å². The number of amides is 1. The lowest BCUT2D eigenvalue weighted by atomic mass is 9.85. The minimum Gasteiger partial charge on any atom is -0.445 e. The molecule has 12 heteroatoms. The monoisotopic (exact) mass is 780 g/mol. The second-order valence-corrected chi connectivity index (χ2v) is 15.2. The molecule has 3 saturated heterocycles. The predicted molar refractivity (Wildman–Crippen MR) is 194 cm³/mol. The number of piperidine rings is 2. The van der Waals surface area contributed by atoms with Gasteiger partial charge in [-0.3, -0.25) is 19.3 Å². The average molecular weight is 783 g/mol. The van der Waals surface area contributed by atoms with E-state index in [0.717, 1.165) is 94.7 Å². The summed E-state index contributed by atoms with van der Waals surface area (Å²) in [7, 11) is 2.17. The minimum atomic E-state index is -0.922. The molecule has 1 N–H and O–H groups in total. The summed E-state index contributed by atoms with van der Waals surface area (Å²) in [6.07, 6.45) is 3.58. The van der Waals surface area contributed by atoms with Gasteiger partial charge in [-0.2, -0.15) is 0 Å². The van der Waals surface area contributed by atoms with Crippen molar-refractivity contribution < 1.29 is 14.3 Å². The number of nitrogens with one attached hydrogen (secondary N) is 1. The number of fused-ring (bicyclic) bond motifs is 3. The van der Waals surface area contributed by atoms with E-state index >= 15 is 0 Å². The molecular weight excluding hydrogens is 740 g/mol. The van der Waals surface area contributed by atoms with Crippen molar-refractivity contribution in [2.45, 2.75) is 56.5 Å². The van der Waals surface area contributed by atoms with Gasteiger partial charge in [-0.25, -0.2) is 9.59 Å². The molecule has 3 aliphatic rings. The largest absolute Gasteiger partial charge is 0.445 e. The number of carbonyl (C=O) groups excluding carboxylic acids is 2. The number of likely N-dealkylation sites (N-methyl/N-ethyl adjacent to an activating group) is 1. The van der Waals surface area contributed by atoms with Crippen LogP contribution in [0.1, 0.15) is 43.7 Å². The van der Waals surface area contributed by atoms with E-state index in [9.17, 15) is 14.4 Å². The zero-order valence-corrected chi connectivity index (χ0v) is 30.4. The van der Waals surface area contributed by atoms with Gasteiger partial charge in [-0.1, -0.05) is 36.4 Å². The smallest absolute Gasteiger partial charge is 0.411 e. The number of ether oxygens (including phenoxy) is 1. The first-order valence-electron chi connectivity index (χ1n) is 16.9. The lowest BCUT2D eigenvalue weighted by Crippen LogP contribution is -2.68. The van der Waals surface area contributed by atoms with Crippen LogP contribution in [0.25, 0.3) is 21.8 Å². The zero-order valence-electron chi connectivity index (χ0n) is 27.2. The fourth-order valence-corrected chi connectivity index (χ4v) is 8.90. The van der Waals surface area contributed by atoms with Crippen molar-refractivity contribution in [1.82, 2.24) is 29.2 Å². The summed E-state index contributed by atoms with van der Waals surface area (Å²) in [5.74, 6) is 0. The van der Waals surface area contributed by atoms with Crippen molar-refractivity contribution in [2.24, 2.45) is 0 Å². The minimum absolute atomic E-state index is 0.113. The van der Waals surface area contributed by atoms with E-state index in [0.29, 0.717) is 25.4 Å². The third-order valence-corrected chi connectivity index (χ3v) is 12.7. The van der Waals surface area contributed by atoms with Crippen LogP contribution in [-0.4, -0.2) is 106 Å². The molecule has 254 valence electrons. The standard InChI is InChI=1S/C36H42Br2N6O4/c1-40-17-19-41(20-18-40)27-10-14-42(15-11-27)36(13-21-45)23-28(12-16-43(36)35(47)48-24-25-6-8-30(37)31(38)22-25)44-32-9-7-26-4-2-3-5-29(26)33(32)39-34(44)46/h2-9,21-22,27-28H,10-20,23-24H2,1H3,(H,39,46)/t28-,36+/m1/s1. The maximum absolute atomic E-state index is 14.1. The molecule has 3 aromatic carbocycles. The lowest BCUT2D eigenvalue weighted by molar-refractivity contribution is -0.127. The molecule has 2 atom stereocenters. The number of nitrogens with zero attached hydrogens (tertiary/aromatic N) is 5. The van der Waals surface area contributed by atoms with Crippen molar-refractivity contribution in [1.29, 1.82) is 0 Å². The topological polar surface area (TPSA) is 94.1 Å². The Morgan fingerprint density at radius 2 is 1.69 bits per heavy atom. The van der Waals surface area contributed by atoms with Crippen LogP contribution in [0.3, 0.4) is 0 Å². The highest BCUT2D eigenvalue weighted by Crippen LogP contribution is 2.42. The Bertz CT molecular complexity index is 1860. The van der Waals surface area contributed by atoms with Crippen molar-refractivity contribution in [3.63, 3.8) is 0 Å². The van der Waals surface area contributed by atoms with Crippen LogP contribution in [-0.2, 0) is 16.1 Å². The summed E-state index contributed by atoms with van der Waals surface area (Å²) < 4.78 is 9.63. The first-order valence-corrected chi connectivity index (χ1v) is 18.5. The third kappa shape index (κ3) is 6.37. The summed E-state index contributed by atoms with van der Waals surface area (Å²) in [6.45, 7) is 6.26. The number of aromatic nitrogens is 2. The highest BCUT2D eigenvalue weighted by atomic mass is 79.9. The van der Waals surface area contributed by atoms with Crippen molar-refractivity contribution in [3.05, 3.63) is 79.6 Å². The molecule has 1 amide bonds. The SMILES string of the molecule is CN1CCN(C2CCN([C@]3(CC=O)C[C@H](n4c(=O)[nH]c5c6ccccc6ccc54)CCN3C(=O)OCc3ccc(Br)c(Br)c3)CC2)CC1. The maximum Gasteiger partial charge on any atom is 0.411 e. The van der Waals surface area contributed by atoms with Crippen LogP contribution in [0, 0.1) is 0 Å². The van der Waals surface area contributed by atoms with E-state index in [4.69, 9.17) is 4.74 Å². The fraction of sp³-hybridized carbons (Fsp3) is 0.472. The predicted octanol–water partition coefficient (Wildman–Crippen LogP) is 5.98. The lowest BCUT2D eigenvalue weighted by Gasteiger charge is -2.56. The number of halogens is 2. The van der Waals surface area contributed by atoms with Crippen LogP contribution < -0.4 is 5.69 Å². The van der Waals surface area contributed by atoms with E-state index in [-0.39, 0.29) is 24.8 Å². The van der Waals surface area contributed by atoms with Gasteiger partial charge >= 0.3 is 11.8 Å². The summed E-state index contributed by atoms with van der Waals surface area (Å²) >= 11 is 7.04. The third-order valence-electron chi connectivity index (χ3n) is 10.8. The molecule has 0 radical (unpaired) electrons. The number of aldehydes is 1. The van der Waals surface area contributed by atoms with Crippen LogP contribution in [0.2, 0.25) is 0 Å². The Labute approximate surface area is 297 Å². The van der Waals surface area contributed by atoms with E-state index in [1.165, 1.54) is 0 Å². The molecule has 0 unspecified atom stereocenters. The van der Waals surface area contributed by atoms with Crippen LogP contribution in [0.4, 0.5) is 4.79 Å². The highest BCUT2D eigenvalue weighted by molar-refractivity contribution is 9.13. The molecule has 0 bridgehead atoms. The Hall–Kier alpha value is -3.03. The number of hydrogen-bond acceptors (Lipinski definition) is 7. The molecule has 3 fully saturated rings. The van der Waals surface area contributed by atoms with Gasteiger partial charge in [0.2, 0.25) is 0 Å². The molecule has 4 heterocycles. The van der Waals surface area contributed by atoms with E-state index < -0.39 is 11.8 Å². The number of imidazole rings is 1. The summed E-state index contributed by atoms with van der Waals surface area (Å²) in [5, 5.41) is 2.06.